The molecular weight excluding hydrogens is 178 g/mol. The van der Waals surface area contributed by atoms with Crippen LogP contribution in [0, 0.1) is 0 Å². The van der Waals surface area contributed by atoms with Gasteiger partial charge in [0, 0.05) is 6.54 Å². The summed E-state index contributed by atoms with van der Waals surface area (Å²) < 4.78 is 0.544. The van der Waals surface area contributed by atoms with E-state index in [0.29, 0.717) is 4.32 Å². The van der Waals surface area contributed by atoms with Gasteiger partial charge in [-0.1, -0.05) is 12.2 Å². The zero-order valence-corrected chi connectivity index (χ0v) is 8.12. The predicted molar refractivity (Wildman–Crippen MR) is 52.0 cm³/mol. The van der Waals surface area contributed by atoms with E-state index in [-0.39, 0.29) is 11.8 Å². The molecule has 0 aliphatic carbocycles. The summed E-state index contributed by atoms with van der Waals surface area (Å²) in [5.41, 5.74) is 0. The van der Waals surface area contributed by atoms with Gasteiger partial charge in [-0.3, -0.25) is 4.79 Å². The van der Waals surface area contributed by atoms with Crippen LogP contribution in [-0.2, 0) is 4.79 Å². The van der Waals surface area contributed by atoms with Gasteiger partial charge in [0.25, 0.3) is 0 Å². The molecule has 62 valence electrons. The van der Waals surface area contributed by atoms with Crippen LogP contribution in [-0.4, -0.2) is 27.6 Å². The standard InChI is InChI=1S/C7H11NOS2/c1-5(9)6-3-2-4-8(6)7(10)11/h6H,2-4H2,1H3,(H,10,11). The molecule has 1 heterocycles. The highest BCUT2D eigenvalue weighted by molar-refractivity contribution is 8.10. The van der Waals surface area contributed by atoms with Crippen LogP contribution < -0.4 is 0 Å². The summed E-state index contributed by atoms with van der Waals surface area (Å²) in [6.45, 7) is 2.49. The Balaban J connectivity index is 2.65. The van der Waals surface area contributed by atoms with Crippen LogP contribution in [0.3, 0.4) is 0 Å². The summed E-state index contributed by atoms with van der Waals surface area (Å²) in [7, 11) is 0. The minimum atomic E-state index is 0. The first-order valence-electron chi connectivity index (χ1n) is 3.63. The number of thiocarbonyl (C=S) groups is 1. The van der Waals surface area contributed by atoms with Crippen molar-refractivity contribution >= 4 is 35.0 Å². The zero-order chi connectivity index (χ0) is 8.43. The Morgan fingerprint density at radius 2 is 2.36 bits per heavy atom. The van der Waals surface area contributed by atoms with E-state index in [2.05, 4.69) is 12.6 Å². The van der Waals surface area contributed by atoms with E-state index in [4.69, 9.17) is 12.2 Å². The second-order valence-electron chi connectivity index (χ2n) is 2.74. The monoisotopic (exact) mass is 189 g/mol. The highest BCUT2D eigenvalue weighted by Gasteiger charge is 2.28. The van der Waals surface area contributed by atoms with Crippen molar-refractivity contribution in [1.82, 2.24) is 4.90 Å². The Morgan fingerprint density at radius 1 is 1.73 bits per heavy atom. The number of rotatable bonds is 1. The summed E-state index contributed by atoms with van der Waals surface area (Å²) in [6.07, 6.45) is 1.97. The van der Waals surface area contributed by atoms with Crippen LogP contribution in [0.25, 0.3) is 0 Å². The van der Waals surface area contributed by atoms with Crippen molar-refractivity contribution in [1.29, 1.82) is 0 Å². The first-order chi connectivity index (χ1) is 5.13. The first kappa shape index (κ1) is 9.00. The van der Waals surface area contributed by atoms with E-state index in [1.54, 1.807) is 6.92 Å². The molecule has 0 bridgehead atoms. The van der Waals surface area contributed by atoms with Crippen LogP contribution >= 0.6 is 24.8 Å². The van der Waals surface area contributed by atoms with Crippen molar-refractivity contribution in [3.8, 4) is 0 Å². The molecule has 1 fully saturated rings. The quantitative estimate of drug-likeness (QED) is 0.495. The number of likely N-dealkylation sites (tertiary alicyclic amines) is 1. The van der Waals surface area contributed by atoms with Gasteiger partial charge < -0.3 is 4.90 Å². The molecule has 0 radical (unpaired) electrons. The molecule has 1 aliphatic rings. The highest BCUT2D eigenvalue weighted by Crippen LogP contribution is 2.19. The fraction of sp³-hybridized carbons (Fsp3) is 0.714. The van der Waals surface area contributed by atoms with Crippen molar-refractivity contribution in [3.05, 3.63) is 0 Å². The number of hydrogen-bond donors (Lipinski definition) is 1. The van der Waals surface area contributed by atoms with E-state index >= 15 is 0 Å². The molecule has 1 saturated heterocycles. The van der Waals surface area contributed by atoms with Crippen molar-refractivity contribution in [2.45, 2.75) is 25.8 Å². The maximum absolute atomic E-state index is 11.0. The lowest BCUT2D eigenvalue weighted by atomic mass is 10.1. The third kappa shape index (κ3) is 1.93. The van der Waals surface area contributed by atoms with Gasteiger partial charge in [0.2, 0.25) is 0 Å². The van der Waals surface area contributed by atoms with E-state index < -0.39 is 0 Å². The first-order valence-corrected chi connectivity index (χ1v) is 4.48. The Kier molecular flexibility index (Phi) is 2.90. The lowest BCUT2D eigenvalue weighted by Crippen LogP contribution is -2.36. The van der Waals surface area contributed by atoms with Crippen LogP contribution in [0.2, 0.25) is 0 Å². The van der Waals surface area contributed by atoms with Gasteiger partial charge in [-0.05, 0) is 19.8 Å². The van der Waals surface area contributed by atoms with Gasteiger partial charge >= 0.3 is 0 Å². The normalized spacial score (nSPS) is 23.8. The predicted octanol–water partition coefficient (Wildman–Crippen LogP) is 1.25. The van der Waals surface area contributed by atoms with Crippen LogP contribution in [0.1, 0.15) is 19.8 Å². The largest absolute Gasteiger partial charge is 0.348 e. The number of carbonyl (C=O) groups excluding carboxylic acids is 1. The average molecular weight is 189 g/mol. The zero-order valence-electron chi connectivity index (χ0n) is 6.41. The van der Waals surface area contributed by atoms with Crippen molar-refractivity contribution in [2.24, 2.45) is 0 Å². The molecule has 1 atom stereocenters. The van der Waals surface area contributed by atoms with Gasteiger partial charge in [0.15, 0.2) is 5.78 Å². The number of nitrogens with zero attached hydrogens (tertiary/aromatic N) is 1. The van der Waals surface area contributed by atoms with E-state index in [0.717, 1.165) is 19.4 Å². The highest BCUT2D eigenvalue weighted by atomic mass is 32.1. The van der Waals surface area contributed by atoms with Gasteiger partial charge in [0.05, 0.1) is 6.04 Å². The summed E-state index contributed by atoms with van der Waals surface area (Å²) >= 11 is 8.94. The Morgan fingerprint density at radius 3 is 2.73 bits per heavy atom. The molecule has 1 aliphatic heterocycles. The minimum absolute atomic E-state index is 0. The molecule has 0 aromatic heterocycles. The van der Waals surface area contributed by atoms with E-state index in [1.807, 2.05) is 4.90 Å². The number of hydrogen-bond acceptors (Lipinski definition) is 2. The molecule has 0 saturated carbocycles. The molecule has 2 nitrogen and oxygen atoms in total. The molecule has 0 spiro atoms. The van der Waals surface area contributed by atoms with Crippen molar-refractivity contribution in [3.63, 3.8) is 0 Å². The SMILES string of the molecule is CC(=O)C1CCCN1C(=S)S. The van der Waals surface area contributed by atoms with Crippen LogP contribution in [0.5, 0.6) is 0 Å². The van der Waals surface area contributed by atoms with Gasteiger partial charge in [-0.15, -0.1) is 12.6 Å². The minimum Gasteiger partial charge on any atom is -0.348 e. The van der Waals surface area contributed by atoms with E-state index in [1.165, 1.54) is 0 Å². The van der Waals surface area contributed by atoms with Crippen molar-refractivity contribution in [2.75, 3.05) is 6.54 Å². The fourth-order valence-corrected chi connectivity index (χ4v) is 1.88. The lowest BCUT2D eigenvalue weighted by molar-refractivity contribution is -0.120. The molecule has 1 unspecified atom stereocenters. The summed E-state index contributed by atoms with van der Waals surface area (Å²) in [6, 6.07) is 0. The third-order valence-corrected chi connectivity index (χ3v) is 2.46. The molecule has 4 heteroatoms. The maximum Gasteiger partial charge on any atom is 0.152 e. The number of carbonyl (C=O) groups is 1. The second-order valence-corrected chi connectivity index (χ2v) is 3.86. The van der Waals surface area contributed by atoms with Crippen molar-refractivity contribution < 1.29 is 4.79 Å². The number of thiol groups is 1. The molecule has 11 heavy (non-hydrogen) atoms. The third-order valence-electron chi connectivity index (χ3n) is 1.97. The molecular formula is C7H11NOS2. The Labute approximate surface area is 77.4 Å². The fourth-order valence-electron chi connectivity index (χ4n) is 1.42. The number of Topliss-reactive ketones (excluding diaryl/α,β-unsaturated/α-hetero) is 1. The maximum atomic E-state index is 11.0. The average Bonchev–Trinajstić information content (AvgIpc) is 2.32. The topological polar surface area (TPSA) is 20.3 Å². The van der Waals surface area contributed by atoms with Gasteiger partial charge in [-0.25, -0.2) is 0 Å². The molecule has 0 N–H and O–H groups in total. The number of ketones is 1. The summed E-state index contributed by atoms with van der Waals surface area (Å²) in [5.74, 6) is 0.193. The molecule has 0 aromatic carbocycles. The second kappa shape index (κ2) is 3.54. The van der Waals surface area contributed by atoms with Crippen LogP contribution in [0.15, 0.2) is 0 Å². The van der Waals surface area contributed by atoms with Gasteiger partial charge in [-0.2, -0.15) is 0 Å². The van der Waals surface area contributed by atoms with Gasteiger partial charge in [0.1, 0.15) is 4.32 Å². The molecule has 0 amide bonds. The lowest BCUT2D eigenvalue weighted by Gasteiger charge is -2.21. The summed E-state index contributed by atoms with van der Waals surface area (Å²) in [5, 5.41) is 0. The van der Waals surface area contributed by atoms with E-state index in [9.17, 15) is 4.79 Å². The summed E-state index contributed by atoms with van der Waals surface area (Å²) in [4.78, 5) is 12.9. The van der Waals surface area contributed by atoms with Crippen LogP contribution in [0.4, 0.5) is 0 Å². The Bertz CT molecular complexity index is 173. The molecule has 0 aromatic rings. The Hall–Kier alpha value is -0.0900. The molecule has 1 rings (SSSR count). The smallest absolute Gasteiger partial charge is 0.152 e.